The minimum absolute atomic E-state index is 0.0871. The Morgan fingerprint density at radius 2 is 1.55 bits per heavy atom. The fraction of sp³-hybridized carbons (Fsp3) is 0.500. The van der Waals surface area contributed by atoms with Crippen molar-refractivity contribution in [2.75, 3.05) is 13.1 Å². The summed E-state index contributed by atoms with van der Waals surface area (Å²) in [6.45, 7) is 0.759. The Morgan fingerprint density at radius 3 is 2.10 bits per heavy atom. The van der Waals surface area contributed by atoms with Crippen LogP contribution in [0.3, 0.4) is 0 Å². The zero-order chi connectivity index (χ0) is 21.9. The van der Waals surface area contributed by atoms with Gasteiger partial charge in [0.25, 0.3) is 0 Å². The first-order valence-corrected chi connectivity index (χ1v) is 9.96. The molecule has 2 aromatic rings. The third-order valence-electron chi connectivity index (χ3n) is 6.29. The van der Waals surface area contributed by atoms with Crippen LogP contribution in [-0.4, -0.2) is 91.2 Å². The van der Waals surface area contributed by atoms with Gasteiger partial charge in [0.15, 0.2) is 6.10 Å². The maximum Gasteiger partial charge on any atom is 0.412 e. The number of likely N-dealkylation sites (tertiary alicyclic amines) is 1. The second kappa shape index (κ2) is 7.38. The molecule has 2 aliphatic heterocycles. The number of fused-ring (bicyclic) bond motifs is 6. The van der Waals surface area contributed by atoms with Gasteiger partial charge < -0.3 is 34.8 Å². The summed E-state index contributed by atoms with van der Waals surface area (Å²) in [5.74, 6) is -1.37. The molecule has 164 valence electrons. The lowest BCUT2D eigenvalue weighted by Gasteiger charge is -2.39. The van der Waals surface area contributed by atoms with Gasteiger partial charge in [-0.2, -0.15) is 0 Å². The Labute approximate surface area is 175 Å². The lowest BCUT2D eigenvalue weighted by molar-refractivity contribution is -0.280. The van der Waals surface area contributed by atoms with Crippen molar-refractivity contribution in [2.24, 2.45) is 0 Å². The Balaban J connectivity index is 1.32. The van der Waals surface area contributed by atoms with E-state index in [9.17, 15) is 24.9 Å². The molecule has 2 fully saturated rings. The van der Waals surface area contributed by atoms with Crippen LogP contribution >= 0.6 is 0 Å². The van der Waals surface area contributed by atoms with Crippen LogP contribution in [0.15, 0.2) is 24.5 Å². The average molecular weight is 431 g/mol. The summed E-state index contributed by atoms with van der Waals surface area (Å²) >= 11 is 0. The second-order valence-corrected chi connectivity index (χ2v) is 8.18. The molecule has 2 saturated heterocycles. The Morgan fingerprint density at radius 1 is 0.968 bits per heavy atom. The van der Waals surface area contributed by atoms with Crippen molar-refractivity contribution in [3.05, 3.63) is 35.7 Å². The summed E-state index contributed by atoms with van der Waals surface area (Å²) in [6.07, 6.45) is -5.66. The highest BCUT2D eigenvalue weighted by Gasteiger charge is 2.49. The molecule has 1 amide bonds. The summed E-state index contributed by atoms with van der Waals surface area (Å²) in [6, 6.07) is 4.00. The first-order chi connectivity index (χ1) is 14.8. The lowest BCUT2D eigenvalue weighted by atomic mass is 9.96. The first-order valence-electron chi connectivity index (χ1n) is 9.96. The number of aliphatic hydroxyl groups is 3. The average Bonchev–Trinajstić information content (AvgIpc) is 3.01. The molecular formula is C20H21N3O8. The van der Waals surface area contributed by atoms with Gasteiger partial charge in [0.2, 0.25) is 6.29 Å². The van der Waals surface area contributed by atoms with Crippen LogP contribution in [0.1, 0.15) is 29.4 Å². The maximum absolute atomic E-state index is 12.8. The first kappa shape index (κ1) is 20.1. The van der Waals surface area contributed by atoms with Crippen molar-refractivity contribution in [1.82, 2.24) is 14.9 Å². The fourth-order valence-corrected chi connectivity index (χ4v) is 4.77. The summed E-state index contributed by atoms with van der Waals surface area (Å²) in [4.78, 5) is 34.2. The minimum Gasteiger partial charge on any atom is -0.479 e. The molecule has 11 heteroatoms. The predicted molar refractivity (Wildman–Crippen MR) is 102 cm³/mol. The van der Waals surface area contributed by atoms with Crippen molar-refractivity contribution in [3.8, 4) is 0 Å². The minimum atomic E-state index is -1.85. The van der Waals surface area contributed by atoms with Crippen molar-refractivity contribution in [1.29, 1.82) is 0 Å². The third kappa shape index (κ3) is 3.30. The molecule has 0 unspecified atom stereocenters. The van der Waals surface area contributed by atoms with E-state index in [0.29, 0.717) is 13.1 Å². The number of piperidine rings is 1. The van der Waals surface area contributed by atoms with Gasteiger partial charge in [-0.1, -0.05) is 0 Å². The van der Waals surface area contributed by atoms with E-state index >= 15 is 0 Å². The van der Waals surface area contributed by atoms with Crippen LogP contribution in [-0.2, 0) is 14.3 Å². The summed E-state index contributed by atoms with van der Waals surface area (Å²) in [7, 11) is 0. The predicted octanol–water partition coefficient (Wildman–Crippen LogP) is -0.455. The highest BCUT2D eigenvalue weighted by atomic mass is 16.7. The van der Waals surface area contributed by atoms with Gasteiger partial charge >= 0.3 is 12.1 Å². The van der Waals surface area contributed by atoms with Gasteiger partial charge in [0.05, 0.1) is 11.0 Å². The van der Waals surface area contributed by atoms with Crippen LogP contribution in [0.2, 0.25) is 0 Å². The molecule has 5 rings (SSSR count). The van der Waals surface area contributed by atoms with E-state index in [1.165, 1.54) is 4.90 Å². The number of carboxylic acid groups (broad SMARTS) is 1. The van der Waals surface area contributed by atoms with Crippen LogP contribution < -0.4 is 0 Å². The zero-order valence-corrected chi connectivity index (χ0v) is 16.2. The molecule has 11 nitrogen and oxygen atoms in total. The molecule has 1 aromatic carbocycles. The normalized spacial score (nSPS) is 34.4. The number of aliphatic hydroxyl groups excluding tert-OH is 3. The Kier molecular flexibility index (Phi) is 4.77. The molecule has 4 N–H and O–H groups in total. The van der Waals surface area contributed by atoms with Gasteiger partial charge in [0.1, 0.15) is 18.3 Å². The van der Waals surface area contributed by atoms with E-state index in [-0.39, 0.29) is 11.8 Å². The summed E-state index contributed by atoms with van der Waals surface area (Å²) in [5, 5.41) is 38.9. The number of aromatic nitrogens is 2. The number of carbonyl (C=O) groups is 2. The smallest absolute Gasteiger partial charge is 0.412 e. The number of rotatable bonds is 2. The number of nitrogens with zero attached hydrogens (tertiary/aromatic N) is 3. The highest BCUT2D eigenvalue weighted by molar-refractivity contribution is 5.78. The number of aliphatic carboxylic acids is 1. The number of hydrogen-bond acceptors (Lipinski definition) is 9. The van der Waals surface area contributed by atoms with Crippen molar-refractivity contribution in [2.45, 2.75) is 49.0 Å². The van der Waals surface area contributed by atoms with Crippen LogP contribution in [0, 0.1) is 0 Å². The fourth-order valence-electron chi connectivity index (χ4n) is 4.77. The van der Waals surface area contributed by atoms with Gasteiger partial charge in [-0.3, -0.25) is 9.97 Å². The molecule has 0 saturated carbocycles. The standard InChI is InChI=1S/C20H21N3O8/c24-14-15(25)17(18(27)28)30-19(16(14)26)31-20(29)23-6-8-3-9(7-23)11-5-13-12(4-10(8)11)21-1-2-22-13/h1-2,4-5,8-9,14-17,19,24-26H,3,6-7H2,(H,27,28)/t8-,9-,14+,15+,16-,17+,19+/m1/s1. The molecule has 3 heterocycles. The molecule has 1 aromatic heterocycles. The molecule has 3 aliphatic rings. The van der Waals surface area contributed by atoms with E-state index in [0.717, 1.165) is 28.6 Å². The molecule has 1 aliphatic carbocycles. The highest BCUT2D eigenvalue weighted by Crippen LogP contribution is 2.47. The maximum atomic E-state index is 12.8. The summed E-state index contributed by atoms with van der Waals surface area (Å²) in [5.41, 5.74) is 3.81. The van der Waals surface area contributed by atoms with Gasteiger partial charge in [-0.25, -0.2) is 9.59 Å². The van der Waals surface area contributed by atoms with Gasteiger partial charge in [-0.05, 0) is 29.7 Å². The van der Waals surface area contributed by atoms with E-state index in [2.05, 4.69) is 9.97 Å². The number of amides is 1. The van der Waals surface area contributed by atoms with Gasteiger partial charge in [-0.15, -0.1) is 0 Å². The van der Waals surface area contributed by atoms with E-state index in [4.69, 9.17) is 14.6 Å². The Hall–Kier alpha value is -2.86. The monoisotopic (exact) mass is 431 g/mol. The second-order valence-electron chi connectivity index (χ2n) is 8.18. The summed E-state index contributed by atoms with van der Waals surface area (Å²) < 4.78 is 10.2. The third-order valence-corrected chi connectivity index (χ3v) is 6.29. The molecular weight excluding hydrogens is 410 g/mol. The van der Waals surface area contributed by atoms with Gasteiger partial charge in [0, 0.05) is 37.3 Å². The molecule has 7 atom stereocenters. The number of carboxylic acids is 1. The number of benzene rings is 1. The molecule has 2 bridgehead atoms. The SMILES string of the molecule is O=C(O)[C@H]1O[C@@H](OC(=O)N2C[C@H]3C[C@H](C2)c2cc4nccnc4cc23)[C@H](O)[C@@H](O)[C@@H]1O. The lowest BCUT2D eigenvalue weighted by Crippen LogP contribution is -2.61. The Bertz CT molecular complexity index is 998. The molecule has 0 spiro atoms. The molecule has 0 radical (unpaired) electrons. The quantitative estimate of drug-likeness (QED) is 0.490. The van der Waals surface area contributed by atoms with E-state index in [1.807, 2.05) is 12.1 Å². The number of hydrogen-bond donors (Lipinski definition) is 4. The topological polar surface area (TPSA) is 163 Å². The number of carbonyl (C=O) groups excluding carboxylic acids is 1. The van der Waals surface area contributed by atoms with Crippen LogP contribution in [0.25, 0.3) is 11.0 Å². The van der Waals surface area contributed by atoms with Crippen LogP contribution in [0.5, 0.6) is 0 Å². The molecule has 31 heavy (non-hydrogen) atoms. The zero-order valence-electron chi connectivity index (χ0n) is 16.2. The van der Waals surface area contributed by atoms with E-state index in [1.54, 1.807) is 12.4 Å². The van der Waals surface area contributed by atoms with Crippen LogP contribution in [0.4, 0.5) is 4.79 Å². The van der Waals surface area contributed by atoms with E-state index < -0.39 is 42.8 Å². The van der Waals surface area contributed by atoms with Crippen molar-refractivity contribution >= 4 is 23.1 Å². The van der Waals surface area contributed by atoms with Crippen molar-refractivity contribution in [3.63, 3.8) is 0 Å². The number of ether oxygens (including phenoxy) is 2. The van der Waals surface area contributed by atoms with Crippen molar-refractivity contribution < 1.29 is 39.5 Å². The largest absolute Gasteiger partial charge is 0.479 e.